The van der Waals surface area contributed by atoms with E-state index in [0.29, 0.717) is 17.2 Å². The van der Waals surface area contributed by atoms with Crippen molar-refractivity contribution in [3.8, 4) is 0 Å². The van der Waals surface area contributed by atoms with E-state index in [1.165, 1.54) is 0 Å². The summed E-state index contributed by atoms with van der Waals surface area (Å²) in [4.78, 5) is 12.7. The fourth-order valence-corrected chi connectivity index (χ4v) is 6.21. The van der Waals surface area contributed by atoms with E-state index < -0.39 is 15.3 Å². The van der Waals surface area contributed by atoms with E-state index in [1.54, 1.807) is 30.3 Å². The molecular formula is C16H20O3S. The van der Waals surface area contributed by atoms with Gasteiger partial charge in [-0.05, 0) is 36.3 Å². The number of Topliss-reactive ketones (excluding diaryl/α,β-unsaturated/α-hetero) is 1. The molecule has 0 amide bonds. The molecule has 108 valence electrons. The number of fused-ring (bicyclic) bond motifs is 2. The van der Waals surface area contributed by atoms with Crippen molar-refractivity contribution in [3.63, 3.8) is 0 Å². The summed E-state index contributed by atoms with van der Waals surface area (Å²) in [6.07, 6.45) is 2.25. The zero-order valence-electron chi connectivity index (χ0n) is 11.9. The summed E-state index contributed by atoms with van der Waals surface area (Å²) in [5.74, 6) is 0.464. The fourth-order valence-electron chi connectivity index (χ4n) is 4.14. The van der Waals surface area contributed by atoms with E-state index in [0.717, 1.165) is 12.8 Å². The lowest BCUT2D eigenvalue weighted by atomic mass is 9.70. The van der Waals surface area contributed by atoms with Gasteiger partial charge in [-0.2, -0.15) is 0 Å². The SMILES string of the molecule is CC1(C)C2CCC1(CS(=O)(=O)c1ccccc1)C(=O)C2. The van der Waals surface area contributed by atoms with Crippen LogP contribution in [0.15, 0.2) is 35.2 Å². The van der Waals surface area contributed by atoms with Gasteiger partial charge in [-0.3, -0.25) is 4.79 Å². The minimum Gasteiger partial charge on any atom is -0.299 e. The van der Waals surface area contributed by atoms with E-state index in [1.807, 2.05) is 0 Å². The maximum Gasteiger partial charge on any atom is 0.179 e. The lowest BCUT2D eigenvalue weighted by Crippen LogP contribution is -2.42. The van der Waals surface area contributed by atoms with Crippen molar-refractivity contribution in [3.05, 3.63) is 30.3 Å². The molecule has 2 bridgehead atoms. The van der Waals surface area contributed by atoms with Gasteiger partial charge >= 0.3 is 0 Å². The lowest BCUT2D eigenvalue weighted by molar-refractivity contribution is -0.128. The number of hydrogen-bond donors (Lipinski definition) is 0. The summed E-state index contributed by atoms with van der Waals surface area (Å²) < 4.78 is 25.3. The first-order chi connectivity index (χ1) is 9.30. The maximum absolute atomic E-state index is 12.7. The van der Waals surface area contributed by atoms with Crippen LogP contribution in [0.1, 0.15) is 33.1 Å². The van der Waals surface area contributed by atoms with Gasteiger partial charge in [0.1, 0.15) is 5.78 Å². The Bertz CT molecular complexity index is 646. The third-order valence-corrected chi connectivity index (χ3v) is 7.54. The van der Waals surface area contributed by atoms with E-state index >= 15 is 0 Å². The van der Waals surface area contributed by atoms with Crippen LogP contribution < -0.4 is 0 Å². The number of carbonyl (C=O) groups excluding carboxylic acids is 1. The van der Waals surface area contributed by atoms with Crippen LogP contribution in [0.2, 0.25) is 0 Å². The number of carbonyl (C=O) groups is 1. The number of rotatable bonds is 3. The molecule has 0 saturated heterocycles. The second-order valence-corrected chi connectivity index (χ2v) is 8.73. The van der Waals surface area contributed by atoms with Gasteiger partial charge in [-0.25, -0.2) is 8.42 Å². The fraction of sp³-hybridized carbons (Fsp3) is 0.562. The third-order valence-electron chi connectivity index (χ3n) is 5.68. The maximum atomic E-state index is 12.7. The van der Waals surface area contributed by atoms with Crippen molar-refractivity contribution in [2.45, 2.75) is 38.0 Å². The summed E-state index contributed by atoms with van der Waals surface area (Å²) in [5.41, 5.74) is -0.877. The first-order valence-electron chi connectivity index (χ1n) is 7.11. The second-order valence-electron chi connectivity index (χ2n) is 6.74. The Balaban J connectivity index is 2.01. The number of benzene rings is 1. The van der Waals surface area contributed by atoms with Crippen LogP contribution in [-0.4, -0.2) is 20.0 Å². The predicted octanol–water partition coefficient (Wildman–Crippen LogP) is 2.86. The van der Waals surface area contributed by atoms with Crippen LogP contribution in [0.25, 0.3) is 0 Å². The summed E-state index contributed by atoms with van der Waals surface area (Å²) in [7, 11) is -3.41. The van der Waals surface area contributed by atoms with Gasteiger partial charge in [0, 0.05) is 11.8 Å². The molecule has 0 spiro atoms. The Morgan fingerprint density at radius 3 is 2.35 bits per heavy atom. The molecular weight excluding hydrogens is 272 g/mol. The molecule has 1 aromatic rings. The molecule has 0 aliphatic heterocycles. The number of ketones is 1. The van der Waals surface area contributed by atoms with E-state index in [2.05, 4.69) is 13.8 Å². The molecule has 2 unspecified atom stereocenters. The largest absolute Gasteiger partial charge is 0.299 e. The standard InChI is InChI=1S/C16H20O3S/c1-15(2)12-8-9-16(15,14(17)10-12)11-20(18,19)13-6-4-3-5-7-13/h3-7,12H,8-11H2,1-2H3. The minimum atomic E-state index is -3.41. The van der Waals surface area contributed by atoms with Crippen molar-refractivity contribution >= 4 is 15.6 Å². The highest BCUT2D eigenvalue weighted by atomic mass is 32.2. The van der Waals surface area contributed by atoms with Crippen LogP contribution in [0.3, 0.4) is 0 Å². The zero-order valence-corrected chi connectivity index (χ0v) is 12.7. The molecule has 4 heteroatoms. The molecule has 2 atom stereocenters. The Morgan fingerprint density at radius 1 is 1.20 bits per heavy atom. The second kappa shape index (κ2) is 4.17. The summed E-state index contributed by atoms with van der Waals surface area (Å²) in [5, 5.41) is 0. The van der Waals surface area contributed by atoms with E-state index in [-0.39, 0.29) is 17.0 Å². The molecule has 0 N–H and O–H groups in total. The van der Waals surface area contributed by atoms with Gasteiger partial charge in [0.25, 0.3) is 0 Å². The molecule has 3 nitrogen and oxygen atoms in total. The third kappa shape index (κ3) is 1.70. The van der Waals surface area contributed by atoms with Gasteiger partial charge in [0.05, 0.1) is 10.6 Å². The van der Waals surface area contributed by atoms with Gasteiger partial charge in [-0.15, -0.1) is 0 Å². The molecule has 0 radical (unpaired) electrons. The Morgan fingerprint density at radius 2 is 1.85 bits per heavy atom. The van der Waals surface area contributed by atoms with Gasteiger partial charge < -0.3 is 0 Å². The smallest absolute Gasteiger partial charge is 0.179 e. The average molecular weight is 292 g/mol. The monoisotopic (exact) mass is 292 g/mol. The summed E-state index contributed by atoms with van der Waals surface area (Å²) >= 11 is 0. The molecule has 0 aromatic heterocycles. The van der Waals surface area contributed by atoms with Gasteiger partial charge in [0.15, 0.2) is 9.84 Å². The highest BCUT2D eigenvalue weighted by Gasteiger charge is 2.65. The van der Waals surface area contributed by atoms with Gasteiger partial charge in [0.2, 0.25) is 0 Å². The molecule has 3 rings (SSSR count). The highest BCUT2D eigenvalue weighted by molar-refractivity contribution is 7.91. The van der Waals surface area contributed by atoms with Gasteiger partial charge in [-0.1, -0.05) is 32.0 Å². The molecule has 1 aromatic carbocycles. The predicted molar refractivity (Wildman–Crippen MR) is 77.1 cm³/mol. The summed E-state index contributed by atoms with van der Waals surface area (Å²) in [6, 6.07) is 8.48. The average Bonchev–Trinajstić information content (AvgIpc) is 2.73. The van der Waals surface area contributed by atoms with Crippen molar-refractivity contribution in [2.24, 2.45) is 16.7 Å². The summed E-state index contributed by atoms with van der Waals surface area (Å²) in [6.45, 7) is 4.13. The van der Waals surface area contributed by atoms with Crippen LogP contribution >= 0.6 is 0 Å². The van der Waals surface area contributed by atoms with Crippen LogP contribution in [0, 0.1) is 16.7 Å². The Hall–Kier alpha value is -1.16. The topological polar surface area (TPSA) is 51.2 Å². The van der Waals surface area contributed by atoms with Crippen LogP contribution in [-0.2, 0) is 14.6 Å². The Kier molecular flexibility index (Phi) is 2.88. The minimum absolute atomic E-state index is 0.0354. The molecule has 20 heavy (non-hydrogen) atoms. The lowest BCUT2D eigenvalue weighted by Gasteiger charge is -2.36. The molecule has 2 aliphatic rings. The normalized spacial score (nSPS) is 31.7. The van der Waals surface area contributed by atoms with Crippen molar-refractivity contribution in [1.29, 1.82) is 0 Å². The first kappa shape index (κ1) is 13.8. The molecule has 2 aliphatic carbocycles. The molecule has 0 heterocycles. The van der Waals surface area contributed by atoms with Crippen LogP contribution in [0.5, 0.6) is 0 Å². The molecule has 2 fully saturated rings. The van der Waals surface area contributed by atoms with E-state index in [9.17, 15) is 13.2 Å². The highest BCUT2D eigenvalue weighted by Crippen LogP contribution is 2.64. The van der Waals surface area contributed by atoms with Crippen molar-refractivity contribution in [1.82, 2.24) is 0 Å². The Labute approximate surface area is 120 Å². The molecule has 2 saturated carbocycles. The quantitative estimate of drug-likeness (QED) is 0.860. The van der Waals surface area contributed by atoms with Crippen LogP contribution in [0.4, 0.5) is 0 Å². The number of hydrogen-bond acceptors (Lipinski definition) is 3. The van der Waals surface area contributed by atoms with Crippen molar-refractivity contribution < 1.29 is 13.2 Å². The number of sulfone groups is 1. The van der Waals surface area contributed by atoms with E-state index in [4.69, 9.17) is 0 Å². The zero-order chi connectivity index (χ0) is 14.6. The first-order valence-corrected chi connectivity index (χ1v) is 8.76. The van der Waals surface area contributed by atoms with Crippen molar-refractivity contribution in [2.75, 3.05) is 5.75 Å².